The van der Waals surface area contributed by atoms with E-state index in [0.717, 1.165) is 6.04 Å². The molecule has 0 radical (unpaired) electrons. The Morgan fingerprint density at radius 2 is 1.72 bits per heavy atom. The van der Waals surface area contributed by atoms with E-state index in [1.807, 2.05) is 0 Å². The molecule has 1 saturated carbocycles. The number of rotatable bonds is 4. The van der Waals surface area contributed by atoms with Gasteiger partial charge in [0.15, 0.2) is 0 Å². The van der Waals surface area contributed by atoms with Gasteiger partial charge in [-0.1, -0.05) is 33.6 Å². The van der Waals surface area contributed by atoms with Crippen molar-refractivity contribution in [3.05, 3.63) is 0 Å². The van der Waals surface area contributed by atoms with Gasteiger partial charge < -0.3 is 5.32 Å². The van der Waals surface area contributed by atoms with E-state index in [2.05, 4.69) is 37.9 Å². The molecule has 1 unspecified atom stereocenters. The number of hydrogen-bond donors (Lipinski definition) is 1. The molecule has 1 atom stereocenters. The molecule has 1 saturated heterocycles. The van der Waals surface area contributed by atoms with Crippen LogP contribution >= 0.6 is 0 Å². The van der Waals surface area contributed by atoms with Crippen molar-refractivity contribution in [3.8, 4) is 0 Å². The van der Waals surface area contributed by atoms with Gasteiger partial charge in [0.05, 0.1) is 0 Å². The van der Waals surface area contributed by atoms with Gasteiger partial charge in [-0.05, 0) is 39.0 Å². The van der Waals surface area contributed by atoms with Gasteiger partial charge in [-0.15, -0.1) is 0 Å². The fourth-order valence-corrected chi connectivity index (χ4v) is 4.10. The third-order valence-corrected chi connectivity index (χ3v) is 5.83. The lowest BCUT2D eigenvalue weighted by Gasteiger charge is -2.53. The van der Waals surface area contributed by atoms with Crippen molar-refractivity contribution in [2.24, 2.45) is 0 Å². The lowest BCUT2D eigenvalue weighted by atomic mass is 9.84. The molecule has 18 heavy (non-hydrogen) atoms. The van der Waals surface area contributed by atoms with Crippen molar-refractivity contribution in [2.75, 3.05) is 13.1 Å². The van der Waals surface area contributed by atoms with Crippen LogP contribution in [0.2, 0.25) is 0 Å². The van der Waals surface area contributed by atoms with E-state index < -0.39 is 0 Å². The summed E-state index contributed by atoms with van der Waals surface area (Å²) in [5.41, 5.74) is 0.857. The quantitative estimate of drug-likeness (QED) is 0.823. The van der Waals surface area contributed by atoms with E-state index in [1.54, 1.807) is 0 Å². The number of nitrogens with zero attached hydrogens (tertiary/aromatic N) is 1. The summed E-state index contributed by atoms with van der Waals surface area (Å²) < 4.78 is 0. The third kappa shape index (κ3) is 2.46. The predicted molar refractivity (Wildman–Crippen MR) is 79.0 cm³/mol. The van der Waals surface area contributed by atoms with Gasteiger partial charge in [0, 0.05) is 30.2 Å². The molecule has 0 amide bonds. The zero-order valence-corrected chi connectivity index (χ0v) is 12.9. The van der Waals surface area contributed by atoms with Crippen LogP contribution in [-0.2, 0) is 0 Å². The van der Waals surface area contributed by atoms with Gasteiger partial charge in [-0.3, -0.25) is 4.90 Å². The maximum atomic E-state index is 3.86. The Kier molecular flexibility index (Phi) is 4.38. The van der Waals surface area contributed by atoms with Gasteiger partial charge in [0.2, 0.25) is 0 Å². The average molecular weight is 252 g/mol. The predicted octanol–water partition coefficient (Wildman–Crippen LogP) is 3.56. The molecule has 0 aromatic carbocycles. The summed E-state index contributed by atoms with van der Waals surface area (Å²) in [5.74, 6) is 0. The summed E-state index contributed by atoms with van der Waals surface area (Å²) in [6.45, 7) is 12.0. The van der Waals surface area contributed by atoms with Gasteiger partial charge >= 0.3 is 0 Å². The summed E-state index contributed by atoms with van der Waals surface area (Å²) in [6.07, 6.45) is 9.48. The normalized spacial score (nSPS) is 31.7. The molecule has 1 N–H and O–H groups in total. The second-order valence-corrected chi connectivity index (χ2v) is 6.76. The minimum Gasteiger partial charge on any atom is -0.308 e. The topological polar surface area (TPSA) is 15.3 Å². The van der Waals surface area contributed by atoms with E-state index in [1.165, 1.54) is 58.0 Å². The van der Waals surface area contributed by atoms with Crippen molar-refractivity contribution in [3.63, 3.8) is 0 Å². The Hall–Kier alpha value is -0.0800. The Balaban J connectivity index is 2.17. The van der Waals surface area contributed by atoms with Crippen molar-refractivity contribution in [2.45, 2.75) is 89.8 Å². The fourth-order valence-electron chi connectivity index (χ4n) is 4.10. The van der Waals surface area contributed by atoms with Gasteiger partial charge in [-0.25, -0.2) is 0 Å². The van der Waals surface area contributed by atoms with E-state index >= 15 is 0 Å². The molecule has 1 heterocycles. The highest BCUT2D eigenvalue weighted by atomic mass is 15.3. The van der Waals surface area contributed by atoms with Crippen LogP contribution in [0.4, 0.5) is 0 Å². The minimum atomic E-state index is 0.372. The zero-order chi connectivity index (χ0) is 13.2. The van der Waals surface area contributed by atoms with Crippen molar-refractivity contribution in [1.82, 2.24) is 10.2 Å². The lowest BCUT2D eigenvalue weighted by molar-refractivity contribution is -0.0105. The van der Waals surface area contributed by atoms with Crippen molar-refractivity contribution in [1.29, 1.82) is 0 Å². The highest BCUT2D eigenvalue weighted by molar-refractivity contribution is 5.03. The van der Waals surface area contributed by atoms with E-state index in [0.29, 0.717) is 11.1 Å². The average Bonchev–Trinajstić information content (AvgIpc) is 2.86. The Labute approximate surface area is 114 Å². The lowest BCUT2D eigenvalue weighted by Crippen LogP contribution is -2.68. The van der Waals surface area contributed by atoms with E-state index in [4.69, 9.17) is 0 Å². The summed E-state index contributed by atoms with van der Waals surface area (Å²) in [6, 6.07) is 0.749. The first-order valence-electron chi connectivity index (χ1n) is 8.11. The standard InChI is InChI=1S/C16H32N2/c1-5-14-12-17-16(6-2,7-3)13-18(14)15(4)10-8-9-11-15/h14,17H,5-13H2,1-4H3. The molecule has 1 aliphatic heterocycles. The van der Waals surface area contributed by atoms with E-state index in [9.17, 15) is 0 Å². The summed E-state index contributed by atoms with van der Waals surface area (Å²) in [5, 5.41) is 3.86. The van der Waals surface area contributed by atoms with Crippen molar-refractivity contribution < 1.29 is 0 Å². The SMILES string of the molecule is CCC1CNC(CC)(CC)CN1C1(C)CCCC1. The van der Waals surface area contributed by atoms with Crippen LogP contribution in [0.3, 0.4) is 0 Å². The van der Waals surface area contributed by atoms with Crippen LogP contribution in [0.1, 0.15) is 72.6 Å². The van der Waals surface area contributed by atoms with Gasteiger partial charge in [0.25, 0.3) is 0 Å². The van der Waals surface area contributed by atoms with Crippen molar-refractivity contribution >= 4 is 0 Å². The summed E-state index contributed by atoms with van der Waals surface area (Å²) >= 11 is 0. The molecule has 0 spiro atoms. The molecule has 2 heteroatoms. The summed E-state index contributed by atoms with van der Waals surface area (Å²) in [4.78, 5) is 2.88. The minimum absolute atomic E-state index is 0.372. The largest absolute Gasteiger partial charge is 0.308 e. The highest BCUT2D eigenvalue weighted by Crippen LogP contribution is 2.39. The number of piperazine rings is 1. The molecule has 2 nitrogen and oxygen atoms in total. The smallest absolute Gasteiger partial charge is 0.0304 e. The second kappa shape index (κ2) is 5.50. The molecular formula is C16H32N2. The first-order chi connectivity index (χ1) is 8.59. The van der Waals surface area contributed by atoms with Crippen LogP contribution in [0.5, 0.6) is 0 Å². The Morgan fingerprint density at radius 3 is 2.22 bits per heavy atom. The molecule has 2 fully saturated rings. The first-order valence-corrected chi connectivity index (χ1v) is 8.11. The monoisotopic (exact) mass is 252 g/mol. The fraction of sp³-hybridized carbons (Fsp3) is 1.00. The molecule has 0 aromatic rings. The Bertz CT molecular complexity index is 264. The maximum Gasteiger partial charge on any atom is 0.0304 e. The molecular weight excluding hydrogens is 220 g/mol. The van der Waals surface area contributed by atoms with Crippen LogP contribution in [0.15, 0.2) is 0 Å². The molecule has 2 rings (SSSR count). The highest BCUT2D eigenvalue weighted by Gasteiger charge is 2.44. The van der Waals surface area contributed by atoms with Crippen LogP contribution in [0, 0.1) is 0 Å². The molecule has 0 aromatic heterocycles. The van der Waals surface area contributed by atoms with Gasteiger partial charge in [0.1, 0.15) is 0 Å². The van der Waals surface area contributed by atoms with Crippen LogP contribution in [0.25, 0.3) is 0 Å². The number of hydrogen-bond acceptors (Lipinski definition) is 2. The van der Waals surface area contributed by atoms with Crippen LogP contribution < -0.4 is 5.32 Å². The molecule has 0 bridgehead atoms. The summed E-state index contributed by atoms with van der Waals surface area (Å²) in [7, 11) is 0. The molecule has 1 aliphatic carbocycles. The second-order valence-electron chi connectivity index (χ2n) is 6.76. The molecule has 2 aliphatic rings. The molecule has 106 valence electrons. The van der Waals surface area contributed by atoms with Gasteiger partial charge in [-0.2, -0.15) is 0 Å². The maximum absolute atomic E-state index is 3.86. The third-order valence-electron chi connectivity index (χ3n) is 5.83. The Morgan fingerprint density at radius 1 is 1.11 bits per heavy atom. The number of nitrogens with one attached hydrogen (secondary N) is 1. The zero-order valence-electron chi connectivity index (χ0n) is 12.9. The first kappa shape index (κ1) is 14.3. The van der Waals surface area contributed by atoms with E-state index in [-0.39, 0.29) is 0 Å². The van der Waals surface area contributed by atoms with Crippen LogP contribution in [-0.4, -0.2) is 35.1 Å².